The van der Waals surface area contributed by atoms with E-state index in [9.17, 15) is 24.0 Å². The zero-order valence-electron chi connectivity index (χ0n) is 17.8. The van der Waals surface area contributed by atoms with E-state index < -0.39 is 35.6 Å². The first-order chi connectivity index (χ1) is 15.3. The van der Waals surface area contributed by atoms with Crippen molar-refractivity contribution in [1.29, 1.82) is 0 Å². The Morgan fingerprint density at radius 1 is 1.06 bits per heavy atom. The number of rotatable bonds is 7. The molecule has 9 nitrogen and oxygen atoms in total. The first-order valence-electron chi connectivity index (χ1n) is 11.1. The maximum absolute atomic E-state index is 13.2. The second kappa shape index (κ2) is 9.20. The number of carbonyl (C=O) groups is 5. The number of piperidine rings is 2. The number of aryl methyl sites for hydroxylation is 1. The van der Waals surface area contributed by atoms with Crippen molar-refractivity contribution >= 4 is 29.6 Å². The fourth-order valence-electron chi connectivity index (χ4n) is 4.91. The highest BCUT2D eigenvalue weighted by molar-refractivity contribution is 6.24. The van der Waals surface area contributed by atoms with Crippen LogP contribution >= 0.6 is 0 Å². The van der Waals surface area contributed by atoms with Gasteiger partial charge in [-0.2, -0.15) is 0 Å². The number of carbonyl (C=O) groups excluding carboxylic acids is 4. The highest BCUT2D eigenvalue weighted by Gasteiger charge is 2.45. The van der Waals surface area contributed by atoms with E-state index in [2.05, 4.69) is 10.2 Å². The molecule has 3 aliphatic rings. The molecule has 2 N–H and O–H groups in total. The van der Waals surface area contributed by atoms with Gasteiger partial charge in [0.1, 0.15) is 6.04 Å². The molecular formula is C23H27N3O6. The van der Waals surface area contributed by atoms with E-state index in [1.54, 1.807) is 12.1 Å². The molecule has 4 amide bonds. The molecule has 2 fully saturated rings. The van der Waals surface area contributed by atoms with Gasteiger partial charge in [-0.3, -0.25) is 34.2 Å². The lowest BCUT2D eigenvalue weighted by Crippen LogP contribution is -2.54. The zero-order valence-corrected chi connectivity index (χ0v) is 17.8. The van der Waals surface area contributed by atoms with Gasteiger partial charge in [0.25, 0.3) is 11.8 Å². The lowest BCUT2D eigenvalue weighted by atomic mass is 9.89. The van der Waals surface area contributed by atoms with Crippen molar-refractivity contribution in [2.75, 3.05) is 19.6 Å². The molecule has 9 heteroatoms. The van der Waals surface area contributed by atoms with E-state index in [1.165, 1.54) is 0 Å². The predicted molar refractivity (Wildman–Crippen MR) is 113 cm³/mol. The van der Waals surface area contributed by atoms with Gasteiger partial charge in [-0.25, -0.2) is 0 Å². The van der Waals surface area contributed by atoms with E-state index in [0.717, 1.165) is 42.8 Å². The molecule has 0 bridgehead atoms. The first-order valence-corrected chi connectivity index (χ1v) is 11.1. The van der Waals surface area contributed by atoms with Gasteiger partial charge in [0.15, 0.2) is 0 Å². The highest BCUT2D eigenvalue weighted by Crippen LogP contribution is 2.31. The fraction of sp³-hybridized carbons (Fsp3) is 0.522. The van der Waals surface area contributed by atoms with Crippen LogP contribution in [0.5, 0.6) is 0 Å². The predicted octanol–water partition coefficient (Wildman–Crippen LogP) is 1.21. The lowest BCUT2D eigenvalue weighted by molar-refractivity contribution is -0.138. The van der Waals surface area contributed by atoms with Crippen LogP contribution in [0.25, 0.3) is 0 Å². The molecule has 1 aromatic carbocycles. The molecule has 0 aliphatic carbocycles. The maximum atomic E-state index is 13.2. The van der Waals surface area contributed by atoms with Gasteiger partial charge in [0.05, 0.1) is 17.5 Å². The maximum Gasteiger partial charge on any atom is 0.304 e. The van der Waals surface area contributed by atoms with E-state index in [1.807, 2.05) is 6.07 Å². The number of imide groups is 2. The van der Waals surface area contributed by atoms with Gasteiger partial charge in [-0.1, -0.05) is 12.1 Å². The first kappa shape index (κ1) is 22.1. The molecule has 32 heavy (non-hydrogen) atoms. The Kier molecular flexibility index (Phi) is 6.36. The number of amides is 4. The fourth-order valence-corrected chi connectivity index (χ4v) is 4.91. The number of likely N-dealkylation sites (tertiary alicyclic amines) is 1. The molecule has 170 valence electrons. The van der Waals surface area contributed by atoms with Crippen LogP contribution in [0, 0.1) is 5.92 Å². The standard InChI is InChI=1S/C23H27N3O6/c27-18-7-6-17(21(30)24-18)26-22(31)16-3-1-2-15(20(16)23(26)32)5-4-14-8-11-25(12-9-14)13-10-19(28)29/h1-3,14,17H,4-13H2,(H,28,29)(H,24,27,30). The van der Waals surface area contributed by atoms with Crippen LogP contribution in [0.4, 0.5) is 0 Å². The molecule has 3 heterocycles. The van der Waals surface area contributed by atoms with Crippen LogP contribution in [-0.4, -0.2) is 70.2 Å². The van der Waals surface area contributed by atoms with E-state index in [0.29, 0.717) is 30.0 Å². The van der Waals surface area contributed by atoms with Crippen molar-refractivity contribution in [3.8, 4) is 0 Å². The molecule has 0 radical (unpaired) electrons. The average molecular weight is 441 g/mol. The van der Waals surface area contributed by atoms with Gasteiger partial charge in [0.2, 0.25) is 11.8 Å². The monoisotopic (exact) mass is 441 g/mol. The molecule has 2 saturated heterocycles. The molecule has 1 atom stereocenters. The number of fused-ring (bicyclic) bond motifs is 1. The Morgan fingerprint density at radius 2 is 1.81 bits per heavy atom. The second-order valence-electron chi connectivity index (χ2n) is 8.75. The Labute approximate surface area is 185 Å². The van der Waals surface area contributed by atoms with Crippen LogP contribution in [0.3, 0.4) is 0 Å². The summed E-state index contributed by atoms with van der Waals surface area (Å²) < 4.78 is 0. The minimum absolute atomic E-state index is 0.0990. The smallest absolute Gasteiger partial charge is 0.304 e. The summed E-state index contributed by atoms with van der Waals surface area (Å²) in [5.74, 6) is -2.24. The summed E-state index contributed by atoms with van der Waals surface area (Å²) in [5.41, 5.74) is 1.51. The Hall–Kier alpha value is -3.07. The molecule has 1 aromatic rings. The van der Waals surface area contributed by atoms with E-state index in [-0.39, 0.29) is 19.3 Å². The highest BCUT2D eigenvalue weighted by atomic mass is 16.4. The number of carboxylic acids is 1. The Bertz CT molecular complexity index is 966. The summed E-state index contributed by atoms with van der Waals surface area (Å²) >= 11 is 0. The largest absolute Gasteiger partial charge is 0.481 e. The normalized spacial score (nSPS) is 22.2. The van der Waals surface area contributed by atoms with Crippen molar-refractivity contribution in [1.82, 2.24) is 15.1 Å². The molecule has 1 unspecified atom stereocenters. The summed E-state index contributed by atoms with van der Waals surface area (Å²) in [6.45, 7) is 2.30. The minimum atomic E-state index is -0.955. The van der Waals surface area contributed by atoms with Gasteiger partial charge in [-0.15, -0.1) is 0 Å². The van der Waals surface area contributed by atoms with E-state index in [4.69, 9.17) is 5.11 Å². The molecule has 0 saturated carbocycles. The minimum Gasteiger partial charge on any atom is -0.481 e. The van der Waals surface area contributed by atoms with Crippen LogP contribution in [0.2, 0.25) is 0 Å². The topological polar surface area (TPSA) is 124 Å². The molecule has 4 rings (SSSR count). The number of aliphatic carboxylic acids is 1. The number of hydrogen-bond acceptors (Lipinski definition) is 6. The number of nitrogens with one attached hydrogen (secondary N) is 1. The van der Waals surface area contributed by atoms with Crippen molar-refractivity contribution in [3.05, 3.63) is 34.9 Å². The molecule has 0 spiro atoms. The Morgan fingerprint density at radius 3 is 2.50 bits per heavy atom. The SMILES string of the molecule is O=C(O)CCN1CCC(CCc2cccc3c2C(=O)N(C2CCC(=O)NC2=O)C3=O)CC1. The van der Waals surface area contributed by atoms with Crippen molar-refractivity contribution in [2.45, 2.75) is 51.0 Å². The van der Waals surface area contributed by atoms with E-state index >= 15 is 0 Å². The summed E-state index contributed by atoms with van der Waals surface area (Å²) in [6, 6.07) is 4.29. The quantitative estimate of drug-likeness (QED) is 0.610. The van der Waals surface area contributed by atoms with Crippen molar-refractivity contribution in [2.24, 2.45) is 5.92 Å². The van der Waals surface area contributed by atoms with Gasteiger partial charge >= 0.3 is 5.97 Å². The van der Waals surface area contributed by atoms with Crippen LogP contribution in [-0.2, 0) is 20.8 Å². The summed E-state index contributed by atoms with van der Waals surface area (Å²) in [7, 11) is 0. The van der Waals surface area contributed by atoms with Crippen LogP contribution in [0.15, 0.2) is 18.2 Å². The van der Waals surface area contributed by atoms with Gasteiger partial charge in [0, 0.05) is 13.0 Å². The number of hydrogen-bond donors (Lipinski definition) is 2. The third-order valence-electron chi connectivity index (χ3n) is 6.73. The van der Waals surface area contributed by atoms with Crippen molar-refractivity contribution < 1.29 is 29.1 Å². The van der Waals surface area contributed by atoms with Gasteiger partial charge < -0.3 is 10.0 Å². The summed E-state index contributed by atoms with van der Waals surface area (Å²) in [6.07, 6.45) is 3.89. The summed E-state index contributed by atoms with van der Waals surface area (Å²) in [4.78, 5) is 63.7. The average Bonchev–Trinajstić information content (AvgIpc) is 3.02. The third kappa shape index (κ3) is 4.43. The molecular weight excluding hydrogens is 414 g/mol. The summed E-state index contributed by atoms with van der Waals surface area (Å²) in [5, 5.41) is 11.0. The van der Waals surface area contributed by atoms with Gasteiger partial charge in [-0.05, 0) is 62.7 Å². The number of nitrogens with zero attached hydrogens (tertiary/aromatic N) is 2. The molecule has 3 aliphatic heterocycles. The van der Waals surface area contributed by atoms with Crippen LogP contribution in [0.1, 0.15) is 64.8 Å². The lowest BCUT2D eigenvalue weighted by Gasteiger charge is -2.31. The van der Waals surface area contributed by atoms with Crippen LogP contribution < -0.4 is 5.32 Å². The van der Waals surface area contributed by atoms with Crippen molar-refractivity contribution in [3.63, 3.8) is 0 Å². The number of carboxylic acid groups (broad SMARTS) is 1. The number of benzene rings is 1. The molecule has 0 aromatic heterocycles. The Balaban J connectivity index is 1.40. The second-order valence-corrected chi connectivity index (χ2v) is 8.75. The third-order valence-corrected chi connectivity index (χ3v) is 6.73. The zero-order chi connectivity index (χ0) is 22.8.